The summed E-state index contributed by atoms with van der Waals surface area (Å²) in [5, 5.41) is 3.10. The molecule has 0 aliphatic heterocycles. The molecule has 0 aliphatic carbocycles. The molecular formula is C13H24F3NO3. The highest BCUT2D eigenvalue weighted by atomic mass is 19.4. The molecule has 0 fully saturated rings. The van der Waals surface area contributed by atoms with E-state index in [0.717, 1.165) is 6.42 Å². The largest absolute Gasteiger partial charge is 0.468 e. The van der Waals surface area contributed by atoms with Gasteiger partial charge in [0.25, 0.3) is 0 Å². The van der Waals surface area contributed by atoms with Crippen molar-refractivity contribution in [3.05, 3.63) is 0 Å². The number of halogens is 3. The number of rotatable bonds is 10. The first-order valence-electron chi connectivity index (χ1n) is 6.73. The molecule has 0 bridgehead atoms. The van der Waals surface area contributed by atoms with Gasteiger partial charge in [0.05, 0.1) is 20.1 Å². The Morgan fingerprint density at radius 2 is 1.85 bits per heavy atom. The minimum absolute atomic E-state index is 0.191. The first kappa shape index (κ1) is 19.2. The van der Waals surface area contributed by atoms with Crippen LogP contribution in [0.1, 0.15) is 39.5 Å². The molecule has 1 N–H and O–H groups in total. The van der Waals surface area contributed by atoms with Crippen molar-refractivity contribution >= 4 is 5.97 Å². The molecule has 0 spiro atoms. The molecule has 0 heterocycles. The van der Waals surface area contributed by atoms with Crippen LogP contribution in [0.4, 0.5) is 13.2 Å². The highest BCUT2D eigenvalue weighted by molar-refractivity contribution is 5.80. The second-order valence-corrected chi connectivity index (χ2v) is 4.83. The minimum atomic E-state index is -4.19. The maximum atomic E-state index is 11.9. The number of hydrogen-bond acceptors (Lipinski definition) is 4. The van der Waals surface area contributed by atoms with Gasteiger partial charge in [0.1, 0.15) is 5.54 Å². The number of methoxy groups -OCH3 is 1. The first-order chi connectivity index (χ1) is 9.25. The molecule has 20 heavy (non-hydrogen) atoms. The quantitative estimate of drug-likeness (QED) is 0.498. The molecule has 0 amide bonds. The Balaban J connectivity index is 4.00. The van der Waals surface area contributed by atoms with Gasteiger partial charge in [0.2, 0.25) is 0 Å². The zero-order valence-corrected chi connectivity index (χ0v) is 12.3. The molecule has 0 aromatic carbocycles. The maximum absolute atomic E-state index is 11.9. The van der Waals surface area contributed by atoms with Crippen molar-refractivity contribution in [2.75, 3.05) is 26.9 Å². The van der Waals surface area contributed by atoms with Gasteiger partial charge < -0.3 is 14.8 Å². The Labute approximate surface area is 118 Å². The van der Waals surface area contributed by atoms with Crippen LogP contribution in [-0.4, -0.2) is 44.6 Å². The van der Waals surface area contributed by atoms with Crippen molar-refractivity contribution in [2.24, 2.45) is 0 Å². The average molecular weight is 299 g/mol. The van der Waals surface area contributed by atoms with E-state index in [1.54, 1.807) is 6.92 Å². The summed E-state index contributed by atoms with van der Waals surface area (Å²) in [4.78, 5) is 11.7. The van der Waals surface area contributed by atoms with E-state index in [1.165, 1.54) is 7.11 Å². The Hall–Kier alpha value is -0.820. The zero-order chi connectivity index (χ0) is 15.6. The van der Waals surface area contributed by atoms with Crippen LogP contribution in [-0.2, 0) is 14.3 Å². The molecule has 7 heteroatoms. The van der Waals surface area contributed by atoms with Crippen LogP contribution in [0, 0.1) is 0 Å². The highest BCUT2D eigenvalue weighted by Crippen LogP contribution is 2.19. The molecule has 4 nitrogen and oxygen atoms in total. The highest BCUT2D eigenvalue weighted by Gasteiger charge is 2.33. The average Bonchev–Trinajstić information content (AvgIpc) is 2.38. The van der Waals surface area contributed by atoms with E-state index in [4.69, 9.17) is 9.47 Å². The normalized spacial score (nSPS) is 14.9. The van der Waals surface area contributed by atoms with Crippen molar-refractivity contribution in [1.82, 2.24) is 5.32 Å². The molecule has 0 aliphatic rings. The molecule has 0 aromatic heterocycles. The van der Waals surface area contributed by atoms with E-state index >= 15 is 0 Å². The number of hydrogen-bond donors (Lipinski definition) is 1. The summed E-state index contributed by atoms with van der Waals surface area (Å²) in [6, 6.07) is 0. The molecule has 0 saturated heterocycles. The van der Waals surface area contributed by atoms with Crippen LogP contribution in [0.3, 0.4) is 0 Å². The lowest BCUT2D eigenvalue weighted by molar-refractivity contribution is -0.148. The zero-order valence-electron chi connectivity index (χ0n) is 12.3. The van der Waals surface area contributed by atoms with Crippen molar-refractivity contribution in [3.8, 4) is 0 Å². The van der Waals surface area contributed by atoms with Crippen molar-refractivity contribution in [1.29, 1.82) is 0 Å². The standard InChI is InChI=1S/C13H24F3NO3/c1-4-8-17-12(2,11(18)19-3)6-5-9-20-10-7-13(14,15)16/h17H,4-10H2,1-3H3. The summed E-state index contributed by atoms with van der Waals surface area (Å²) in [6.45, 7) is 4.22. The molecule has 120 valence electrons. The van der Waals surface area contributed by atoms with Gasteiger partial charge in [-0.25, -0.2) is 0 Å². The molecule has 0 saturated carbocycles. The molecule has 1 unspecified atom stereocenters. The lowest BCUT2D eigenvalue weighted by atomic mass is 9.96. The number of alkyl halides is 3. The summed E-state index contributed by atoms with van der Waals surface area (Å²) in [7, 11) is 1.31. The molecule has 1 atom stereocenters. The second kappa shape index (κ2) is 9.18. The van der Waals surface area contributed by atoms with E-state index < -0.39 is 18.1 Å². The van der Waals surface area contributed by atoms with Gasteiger partial charge in [-0.05, 0) is 32.7 Å². The van der Waals surface area contributed by atoms with Crippen LogP contribution >= 0.6 is 0 Å². The Morgan fingerprint density at radius 1 is 1.20 bits per heavy atom. The monoisotopic (exact) mass is 299 g/mol. The van der Waals surface area contributed by atoms with Crippen LogP contribution in [0.15, 0.2) is 0 Å². The third kappa shape index (κ3) is 8.37. The lowest BCUT2D eigenvalue weighted by Crippen LogP contribution is -2.50. The fourth-order valence-corrected chi connectivity index (χ4v) is 1.71. The molecular weight excluding hydrogens is 275 g/mol. The first-order valence-corrected chi connectivity index (χ1v) is 6.73. The van der Waals surface area contributed by atoms with Crippen LogP contribution < -0.4 is 5.32 Å². The van der Waals surface area contributed by atoms with Gasteiger partial charge in [0.15, 0.2) is 0 Å². The SMILES string of the molecule is CCCNC(C)(CCCOCCC(F)(F)F)C(=O)OC. The molecule has 0 radical (unpaired) electrons. The Kier molecular flexibility index (Phi) is 8.80. The van der Waals surface area contributed by atoms with E-state index in [0.29, 0.717) is 19.4 Å². The predicted molar refractivity (Wildman–Crippen MR) is 69.4 cm³/mol. The number of ether oxygens (including phenoxy) is 2. The van der Waals surface area contributed by atoms with Gasteiger partial charge >= 0.3 is 12.1 Å². The van der Waals surface area contributed by atoms with Gasteiger partial charge in [0, 0.05) is 6.61 Å². The van der Waals surface area contributed by atoms with Crippen LogP contribution in [0.25, 0.3) is 0 Å². The maximum Gasteiger partial charge on any atom is 0.391 e. The summed E-state index contributed by atoms with van der Waals surface area (Å²) in [6.07, 6.45) is -3.33. The predicted octanol–water partition coefficient (Wildman–Crippen LogP) is 2.67. The van der Waals surface area contributed by atoms with E-state index in [9.17, 15) is 18.0 Å². The molecule has 0 aromatic rings. The summed E-state index contributed by atoms with van der Waals surface area (Å²) in [5.41, 5.74) is -0.821. The lowest BCUT2D eigenvalue weighted by Gasteiger charge is -2.28. The summed E-state index contributed by atoms with van der Waals surface area (Å²) in [5.74, 6) is -0.374. The van der Waals surface area contributed by atoms with Crippen molar-refractivity contribution < 1.29 is 27.4 Å². The van der Waals surface area contributed by atoms with E-state index in [-0.39, 0.29) is 19.2 Å². The van der Waals surface area contributed by atoms with Crippen LogP contribution in [0.5, 0.6) is 0 Å². The second-order valence-electron chi connectivity index (χ2n) is 4.83. The van der Waals surface area contributed by atoms with Crippen molar-refractivity contribution in [3.63, 3.8) is 0 Å². The van der Waals surface area contributed by atoms with E-state index in [2.05, 4.69) is 5.32 Å². The number of carbonyl (C=O) groups excluding carboxylic acids is 1. The number of nitrogens with one attached hydrogen (secondary N) is 1. The number of carbonyl (C=O) groups is 1. The third-order valence-electron chi connectivity index (χ3n) is 2.90. The Bertz CT molecular complexity index is 285. The fourth-order valence-electron chi connectivity index (χ4n) is 1.71. The topological polar surface area (TPSA) is 47.6 Å². The van der Waals surface area contributed by atoms with Crippen molar-refractivity contribution in [2.45, 2.75) is 51.2 Å². The summed E-state index contributed by atoms with van der Waals surface area (Å²) < 4.78 is 45.3. The summed E-state index contributed by atoms with van der Waals surface area (Å²) >= 11 is 0. The van der Waals surface area contributed by atoms with Gasteiger partial charge in [-0.3, -0.25) is 4.79 Å². The molecule has 0 rings (SSSR count). The Morgan fingerprint density at radius 3 is 2.35 bits per heavy atom. The van der Waals surface area contributed by atoms with Gasteiger partial charge in [-0.2, -0.15) is 13.2 Å². The smallest absolute Gasteiger partial charge is 0.391 e. The van der Waals surface area contributed by atoms with Crippen LogP contribution in [0.2, 0.25) is 0 Å². The fraction of sp³-hybridized carbons (Fsp3) is 0.923. The minimum Gasteiger partial charge on any atom is -0.468 e. The van der Waals surface area contributed by atoms with Gasteiger partial charge in [-0.15, -0.1) is 0 Å². The number of esters is 1. The third-order valence-corrected chi connectivity index (χ3v) is 2.90. The van der Waals surface area contributed by atoms with E-state index in [1.807, 2.05) is 6.92 Å². The van der Waals surface area contributed by atoms with Gasteiger partial charge in [-0.1, -0.05) is 6.92 Å².